The lowest BCUT2D eigenvalue weighted by Gasteiger charge is -2.18. The Morgan fingerprint density at radius 1 is 1.14 bits per heavy atom. The van der Waals surface area contributed by atoms with E-state index in [0.717, 1.165) is 18.4 Å². The van der Waals surface area contributed by atoms with Crippen LogP contribution in [0, 0.1) is 5.82 Å². The minimum atomic E-state index is -3.49. The van der Waals surface area contributed by atoms with Gasteiger partial charge in [0.15, 0.2) is 0 Å². The molecule has 29 heavy (non-hydrogen) atoms. The summed E-state index contributed by atoms with van der Waals surface area (Å²) in [4.78, 5) is 16.9. The van der Waals surface area contributed by atoms with Crippen LogP contribution in [0.5, 0.6) is 0 Å². The normalized spacial score (nSPS) is 17.1. The van der Waals surface area contributed by atoms with Crippen molar-refractivity contribution in [2.24, 2.45) is 0 Å². The first-order valence-electron chi connectivity index (χ1n) is 9.46. The number of sulfonamides is 1. The van der Waals surface area contributed by atoms with Gasteiger partial charge in [0.05, 0.1) is 16.3 Å². The fourth-order valence-corrected chi connectivity index (χ4v) is 5.33. The van der Waals surface area contributed by atoms with Crippen molar-refractivity contribution in [2.75, 3.05) is 13.1 Å². The first-order chi connectivity index (χ1) is 13.8. The van der Waals surface area contributed by atoms with E-state index in [1.807, 2.05) is 6.92 Å². The number of halogens is 1. The minimum absolute atomic E-state index is 0.172. The summed E-state index contributed by atoms with van der Waals surface area (Å²) >= 11 is 1.25. The highest BCUT2D eigenvalue weighted by Crippen LogP contribution is 2.25. The van der Waals surface area contributed by atoms with Gasteiger partial charge in [0.1, 0.15) is 10.7 Å². The van der Waals surface area contributed by atoms with Crippen LogP contribution in [0.3, 0.4) is 0 Å². The summed E-state index contributed by atoms with van der Waals surface area (Å²) in [5.41, 5.74) is 0.812. The van der Waals surface area contributed by atoms with Crippen molar-refractivity contribution in [3.05, 3.63) is 54.0 Å². The number of carbonyl (C=O) groups excluding carboxylic acids is 1. The zero-order chi connectivity index (χ0) is 21.0. The Kier molecular flexibility index (Phi) is 6.92. The summed E-state index contributed by atoms with van der Waals surface area (Å²) < 4.78 is 39.6. The van der Waals surface area contributed by atoms with Gasteiger partial charge < -0.3 is 5.32 Å². The molecule has 0 aliphatic carbocycles. The van der Waals surface area contributed by atoms with Crippen molar-refractivity contribution in [2.45, 2.75) is 47.9 Å². The summed E-state index contributed by atoms with van der Waals surface area (Å²) in [6, 6.07) is 8.90. The molecule has 3 rings (SSSR count). The molecule has 0 bridgehead atoms. The van der Waals surface area contributed by atoms with E-state index in [1.54, 1.807) is 25.1 Å². The quantitative estimate of drug-likeness (QED) is 0.672. The number of hydrogen-bond donors (Lipinski definition) is 1. The van der Waals surface area contributed by atoms with E-state index in [2.05, 4.69) is 10.3 Å². The molecule has 2 heterocycles. The molecular weight excluding hydrogens is 413 g/mol. The predicted octanol–water partition coefficient (Wildman–Crippen LogP) is 3.36. The molecule has 0 unspecified atom stereocenters. The molecule has 1 saturated heterocycles. The zero-order valence-electron chi connectivity index (χ0n) is 16.3. The highest BCUT2D eigenvalue weighted by atomic mass is 32.2. The topological polar surface area (TPSA) is 79.4 Å². The number of rotatable bonds is 7. The van der Waals surface area contributed by atoms with Crippen molar-refractivity contribution in [1.82, 2.24) is 14.6 Å². The molecule has 0 radical (unpaired) electrons. The van der Waals surface area contributed by atoms with Gasteiger partial charge in [0.2, 0.25) is 15.9 Å². The summed E-state index contributed by atoms with van der Waals surface area (Å²) in [6.45, 7) is 4.68. The number of amides is 1. The molecule has 2 atom stereocenters. The summed E-state index contributed by atoms with van der Waals surface area (Å²) in [6.07, 6.45) is 3.11. The maximum atomic E-state index is 13.0. The van der Waals surface area contributed by atoms with Crippen LogP contribution < -0.4 is 5.32 Å². The maximum absolute atomic E-state index is 13.0. The van der Waals surface area contributed by atoms with Crippen molar-refractivity contribution < 1.29 is 17.6 Å². The minimum Gasteiger partial charge on any atom is -0.349 e. The number of pyridine rings is 1. The summed E-state index contributed by atoms with van der Waals surface area (Å²) in [5.74, 6) is -0.500. The number of aromatic nitrogens is 1. The SMILES string of the molecule is C[C@H](NC(=O)[C@@H](C)Sc1ccc(S(=O)(=O)N2CCCC2)cn1)c1ccc(F)cc1. The monoisotopic (exact) mass is 437 g/mol. The zero-order valence-corrected chi connectivity index (χ0v) is 18.0. The van der Waals surface area contributed by atoms with Crippen molar-refractivity contribution in [1.29, 1.82) is 0 Å². The summed E-state index contributed by atoms with van der Waals surface area (Å²) in [5, 5.41) is 3.04. The van der Waals surface area contributed by atoms with Gasteiger partial charge in [0.25, 0.3) is 0 Å². The molecule has 2 aromatic rings. The molecular formula is C20H24FN3O3S2. The van der Waals surface area contributed by atoms with Crippen molar-refractivity contribution in [3.63, 3.8) is 0 Å². The first kappa shape index (κ1) is 21.7. The third kappa shape index (κ3) is 5.34. The van der Waals surface area contributed by atoms with E-state index in [4.69, 9.17) is 0 Å². The van der Waals surface area contributed by atoms with E-state index >= 15 is 0 Å². The second-order valence-corrected chi connectivity index (χ2v) is 10.3. The van der Waals surface area contributed by atoms with Crippen LogP contribution in [-0.2, 0) is 14.8 Å². The molecule has 1 amide bonds. The number of carbonyl (C=O) groups is 1. The predicted molar refractivity (Wildman–Crippen MR) is 111 cm³/mol. The van der Waals surface area contributed by atoms with E-state index < -0.39 is 15.3 Å². The van der Waals surface area contributed by atoms with Gasteiger partial charge in [-0.3, -0.25) is 4.79 Å². The number of thioether (sulfide) groups is 1. The van der Waals surface area contributed by atoms with Crippen LogP contribution in [0.25, 0.3) is 0 Å². The van der Waals surface area contributed by atoms with Crippen LogP contribution in [0.15, 0.2) is 52.5 Å². The fraction of sp³-hybridized carbons (Fsp3) is 0.400. The van der Waals surface area contributed by atoms with Crippen LogP contribution in [0.1, 0.15) is 38.3 Å². The average molecular weight is 438 g/mol. The Balaban J connectivity index is 1.59. The van der Waals surface area contributed by atoms with Crippen LogP contribution in [0.2, 0.25) is 0 Å². The lowest BCUT2D eigenvalue weighted by Crippen LogP contribution is -2.33. The lowest BCUT2D eigenvalue weighted by molar-refractivity contribution is -0.120. The molecule has 156 valence electrons. The van der Waals surface area contributed by atoms with Gasteiger partial charge in [-0.15, -0.1) is 0 Å². The highest BCUT2D eigenvalue weighted by molar-refractivity contribution is 8.00. The van der Waals surface area contributed by atoms with Gasteiger partial charge in [0, 0.05) is 19.3 Å². The lowest BCUT2D eigenvalue weighted by atomic mass is 10.1. The van der Waals surface area contributed by atoms with Crippen molar-refractivity contribution >= 4 is 27.7 Å². The third-order valence-electron chi connectivity index (χ3n) is 4.81. The van der Waals surface area contributed by atoms with Gasteiger partial charge in [-0.1, -0.05) is 23.9 Å². The van der Waals surface area contributed by atoms with Crippen LogP contribution in [-0.4, -0.2) is 42.0 Å². The molecule has 1 fully saturated rings. The van der Waals surface area contributed by atoms with Gasteiger partial charge in [-0.25, -0.2) is 17.8 Å². The Hall–Kier alpha value is -1.97. The molecule has 1 aromatic carbocycles. The maximum Gasteiger partial charge on any atom is 0.244 e. The fourth-order valence-electron chi connectivity index (χ4n) is 3.07. The number of benzene rings is 1. The molecule has 0 spiro atoms. The number of nitrogens with zero attached hydrogens (tertiary/aromatic N) is 2. The second-order valence-electron chi connectivity index (χ2n) is 6.99. The molecule has 1 aromatic heterocycles. The molecule has 6 nitrogen and oxygen atoms in total. The Morgan fingerprint density at radius 2 is 1.79 bits per heavy atom. The summed E-state index contributed by atoms with van der Waals surface area (Å²) in [7, 11) is -3.49. The smallest absolute Gasteiger partial charge is 0.244 e. The Morgan fingerprint density at radius 3 is 2.38 bits per heavy atom. The molecule has 1 N–H and O–H groups in total. The first-order valence-corrected chi connectivity index (χ1v) is 11.8. The van der Waals surface area contributed by atoms with E-state index in [1.165, 1.54) is 40.5 Å². The van der Waals surface area contributed by atoms with Gasteiger partial charge >= 0.3 is 0 Å². The van der Waals surface area contributed by atoms with Crippen molar-refractivity contribution in [3.8, 4) is 0 Å². The van der Waals surface area contributed by atoms with Crippen LogP contribution in [0.4, 0.5) is 4.39 Å². The Bertz CT molecular complexity index is 944. The van der Waals surface area contributed by atoms with E-state index in [9.17, 15) is 17.6 Å². The second kappa shape index (κ2) is 9.23. The van der Waals surface area contributed by atoms with Gasteiger partial charge in [-0.05, 0) is 56.5 Å². The number of hydrogen-bond acceptors (Lipinski definition) is 5. The van der Waals surface area contributed by atoms with E-state index in [-0.39, 0.29) is 22.7 Å². The van der Waals surface area contributed by atoms with Crippen LogP contribution >= 0.6 is 11.8 Å². The average Bonchev–Trinajstić information content (AvgIpc) is 3.24. The standard InChI is InChI=1S/C20H24FN3O3S2/c1-14(16-5-7-17(21)8-6-16)23-20(25)15(2)28-19-10-9-18(13-22-19)29(26,27)24-11-3-4-12-24/h5-10,13-15H,3-4,11-12H2,1-2H3,(H,23,25)/t14-,15+/m0/s1. The largest absolute Gasteiger partial charge is 0.349 e. The molecule has 1 aliphatic heterocycles. The third-order valence-corrected chi connectivity index (χ3v) is 7.74. The van der Waals surface area contributed by atoms with Gasteiger partial charge in [-0.2, -0.15) is 4.31 Å². The molecule has 0 saturated carbocycles. The van der Waals surface area contributed by atoms with E-state index in [0.29, 0.717) is 18.1 Å². The highest BCUT2D eigenvalue weighted by Gasteiger charge is 2.27. The number of nitrogens with one attached hydrogen (secondary N) is 1. The molecule has 1 aliphatic rings. The Labute approximate surface area is 175 Å². The molecule has 9 heteroatoms.